The van der Waals surface area contributed by atoms with Crippen LogP contribution in [-0.2, 0) is 7.05 Å². The number of carbonyl (C=O) groups excluding carboxylic acids is 1. The van der Waals surface area contributed by atoms with Gasteiger partial charge in [-0.25, -0.2) is 0 Å². The van der Waals surface area contributed by atoms with E-state index in [2.05, 4.69) is 14.4 Å². The molecule has 1 aliphatic rings. The number of methoxy groups -OCH3 is 1. The van der Waals surface area contributed by atoms with Crippen molar-refractivity contribution in [3.8, 4) is 17.0 Å². The van der Waals surface area contributed by atoms with Crippen molar-refractivity contribution in [1.29, 1.82) is 0 Å². The van der Waals surface area contributed by atoms with Gasteiger partial charge in [-0.2, -0.15) is 0 Å². The van der Waals surface area contributed by atoms with Gasteiger partial charge in [0.05, 0.1) is 22.8 Å². The number of ketones is 1. The van der Waals surface area contributed by atoms with E-state index in [0.717, 1.165) is 79.5 Å². The molecule has 2 heterocycles. The molecule has 194 valence electrons. The number of aromatic nitrogens is 1. The fourth-order valence-electron chi connectivity index (χ4n) is 4.73. The number of Topliss-reactive ketones (excluding diaryl/α,β-unsaturated/α-hetero) is 1. The Hall–Kier alpha value is -2.18. The van der Waals surface area contributed by atoms with Gasteiger partial charge in [0.25, 0.3) is 0 Å². The Balaban J connectivity index is 0.00000361. The highest BCUT2D eigenvalue weighted by atomic mass is 35.5. The lowest BCUT2D eigenvalue weighted by molar-refractivity contribution is 0.0977. The van der Waals surface area contributed by atoms with E-state index in [-0.39, 0.29) is 18.2 Å². The van der Waals surface area contributed by atoms with Crippen LogP contribution in [-0.4, -0.2) is 55.1 Å². The Kier molecular flexibility index (Phi) is 10.1. The fraction of sp³-hybridized carbons (Fsp3) is 0.393. The number of nitrogens with zero attached hydrogens (tertiary/aromatic N) is 3. The molecule has 0 bridgehead atoms. The van der Waals surface area contributed by atoms with Gasteiger partial charge in [-0.05, 0) is 74.3 Å². The van der Waals surface area contributed by atoms with Crippen LogP contribution in [0.3, 0.4) is 0 Å². The molecular weight excluding hydrogens is 517 g/mol. The molecule has 0 atom stereocenters. The summed E-state index contributed by atoms with van der Waals surface area (Å²) in [6, 6.07) is 15.8. The number of hydrogen-bond acceptors (Lipinski definition) is 4. The molecule has 0 amide bonds. The third-order valence-corrected chi connectivity index (χ3v) is 7.80. The Morgan fingerprint density at radius 2 is 1.69 bits per heavy atom. The van der Waals surface area contributed by atoms with Crippen LogP contribution in [0.4, 0.5) is 5.69 Å². The summed E-state index contributed by atoms with van der Waals surface area (Å²) in [5.74, 6) is 1.05. The quantitative estimate of drug-likeness (QED) is 0.214. The molecule has 0 spiro atoms. The predicted octanol–water partition coefficient (Wildman–Crippen LogP) is 6.91. The predicted molar refractivity (Wildman–Crippen MR) is 153 cm³/mol. The molecule has 1 aromatic heterocycles. The third kappa shape index (κ3) is 6.38. The van der Waals surface area contributed by atoms with E-state index in [1.54, 1.807) is 7.11 Å². The van der Waals surface area contributed by atoms with Crippen LogP contribution in [0.1, 0.15) is 35.3 Å². The summed E-state index contributed by atoms with van der Waals surface area (Å²) in [6.45, 7) is 6.85. The lowest BCUT2D eigenvalue weighted by atomic mass is 10.0. The van der Waals surface area contributed by atoms with Crippen LogP contribution in [0.25, 0.3) is 11.3 Å². The standard InChI is InChI=1S/C28H33Cl2N3O2.ClH/c1-20-23(19-26(31(20)2)21-10-12-22(35-3)13-11-21)27(34)9-4-5-14-32-15-17-33(18-16-32)25-8-6-7-24(29)28(25)30;/h6-8,10-13,19H,4-5,9,14-18H2,1-3H3;1H. The minimum absolute atomic E-state index is 0. The number of anilines is 1. The van der Waals surface area contributed by atoms with Crippen molar-refractivity contribution in [2.75, 3.05) is 44.7 Å². The maximum Gasteiger partial charge on any atom is 0.164 e. The first-order chi connectivity index (χ1) is 16.9. The summed E-state index contributed by atoms with van der Waals surface area (Å²) in [5.41, 5.74) is 4.97. The van der Waals surface area contributed by atoms with Crippen molar-refractivity contribution in [2.24, 2.45) is 7.05 Å². The van der Waals surface area contributed by atoms with E-state index in [4.69, 9.17) is 27.9 Å². The maximum atomic E-state index is 13.0. The van der Waals surface area contributed by atoms with Crippen molar-refractivity contribution in [3.05, 3.63) is 69.8 Å². The molecule has 8 heteroatoms. The monoisotopic (exact) mass is 549 g/mol. The zero-order chi connectivity index (χ0) is 24.9. The number of halogens is 3. The van der Waals surface area contributed by atoms with Gasteiger partial charge in [-0.3, -0.25) is 9.69 Å². The molecule has 0 unspecified atom stereocenters. The van der Waals surface area contributed by atoms with E-state index in [1.165, 1.54) is 0 Å². The summed E-state index contributed by atoms with van der Waals surface area (Å²) >= 11 is 12.6. The first-order valence-corrected chi connectivity index (χ1v) is 12.9. The largest absolute Gasteiger partial charge is 0.497 e. The molecule has 0 N–H and O–H groups in total. The number of hydrogen-bond donors (Lipinski definition) is 0. The lowest BCUT2D eigenvalue weighted by Gasteiger charge is -2.36. The minimum atomic E-state index is 0. The molecule has 0 saturated carbocycles. The van der Waals surface area contributed by atoms with Gasteiger partial charge >= 0.3 is 0 Å². The van der Waals surface area contributed by atoms with Crippen molar-refractivity contribution in [2.45, 2.75) is 26.2 Å². The van der Waals surface area contributed by atoms with Gasteiger partial charge in [0.2, 0.25) is 0 Å². The molecular formula is C28H34Cl3N3O2. The highest BCUT2D eigenvalue weighted by Gasteiger charge is 2.20. The highest BCUT2D eigenvalue weighted by Crippen LogP contribution is 2.33. The average Bonchev–Trinajstić information content (AvgIpc) is 3.18. The smallest absolute Gasteiger partial charge is 0.164 e. The molecule has 36 heavy (non-hydrogen) atoms. The minimum Gasteiger partial charge on any atom is -0.497 e. The number of carbonyl (C=O) groups is 1. The van der Waals surface area contributed by atoms with Crippen molar-refractivity contribution < 1.29 is 9.53 Å². The second-order valence-corrected chi connectivity index (χ2v) is 9.88. The van der Waals surface area contributed by atoms with Crippen LogP contribution in [0.5, 0.6) is 5.75 Å². The molecule has 1 saturated heterocycles. The highest BCUT2D eigenvalue weighted by molar-refractivity contribution is 6.43. The van der Waals surface area contributed by atoms with E-state index >= 15 is 0 Å². The Morgan fingerprint density at radius 1 is 1.00 bits per heavy atom. The third-order valence-electron chi connectivity index (χ3n) is 6.99. The number of piperazine rings is 1. The van der Waals surface area contributed by atoms with Gasteiger partial charge in [-0.15, -0.1) is 12.4 Å². The Bertz CT molecular complexity index is 1170. The molecule has 1 aliphatic heterocycles. The van der Waals surface area contributed by atoms with E-state index in [1.807, 2.05) is 62.5 Å². The number of benzene rings is 2. The Labute approximate surface area is 230 Å². The summed E-state index contributed by atoms with van der Waals surface area (Å²) in [5, 5.41) is 1.23. The number of rotatable bonds is 9. The molecule has 5 nitrogen and oxygen atoms in total. The average molecular weight is 551 g/mol. The summed E-state index contributed by atoms with van der Waals surface area (Å²) in [7, 11) is 3.68. The maximum absolute atomic E-state index is 13.0. The molecule has 0 radical (unpaired) electrons. The zero-order valence-corrected chi connectivity index (χ0v) is 23.4. The van der Waals surface area contributed by atoms with Crippen molar-refractivity contribution in [3.63, 3.8) is 0 Å². The topological polar surface area (TPSA) is 37.7 Å². The SMILES string of the molecule is COc1ccc(-c2cc(C(=O)CCCCN3CCN(c4cccc(Cl)c4Cl)CC3)c(C)n2C)cc1.Cl. The second-order valence-electron chi connectivity index (χ2n) is 9.10. The van der Waals surface area contributed by atoms with Crippen LogP contribution in [0.2, 0.25) is 10.0 Å². The molecule has 1 fully saturated rings. The Morgan fingerprint density at radius 3 is 2.36 bits per heavy atom. The first kappa shape index (κ1) is 28.4. The molecule has 0 aliphatic carbocycles. The van der Waals surface area contributed by atoms with Gasteiger partial charge in [0.1, 0.15) is 5.75 Å². The zero-order valence-electron chi connectivity index (χ0n) is 21.1. The van der Waals surface area contributed by atoms with Gasteiger partial charge in [-0.1, -0.05) is 29.3 Å². The normalized spacial score (nSPS) is 14.0. The molecule has 4 rings (SSSR count). The van der Waals surface area contributed by atoms with Gasteiger partial charge in [0.15, 0.2) is 5.78 Å². The lowest BCUT2D eigenvalue weighted by Crippen LogP contribution is -2.46. The van der Waals surface area contributed by atoms with Crippen LogP contribution < -0.4 is 9.64 Å². The van der Waals surface area contributed by atoms with Crippen LogP contribution in [0, 0.1) is 6.92 Å². The van der Waals surface area contributed by atoms with Crippen LogP contribution >= 0.6 is 35.6 Å². The van der Waals surface area contributed by atoms with Gasteiger partial charge in [0, 0.05) is 56.6 Å². The van der Waals surface area contributed by atoms with E-state index in [0.29, 0.717) is 16.5 Å². The van der Waals surface area contributed by atoms with Crippen LogP contribution in [0.15, 0.2) is 48.5 Å². The number of unbranched alkanes of at least 4 members (excludes halogenated alkanes) is 1. The van der Waals surface area contributed by atoms with Gasteiger partial charge < -0.3 is 14.2 Å². The summed E-state index contributed by atoms with van der Waals surface area (Å²) < 4.78 is 7.36. The van der Waals surface area contributed by atoms with E-state index < -0.39 is 0 Å². The van der Waals surface area contributed by atoms with Crippen molar-refractivity contribution >= 4 is 47.1 Å². The first-order valence-electron chi connectivity index (χ1n) is 12.1. The fourth-order valence-corrected chi connectivity index (χ4v) is 5.14. The number of ether oxygens (including phenoxy) is 1. The summed E-state index contributed by atoms with van der Waals surface area (Å²) in [4.78, 5) is 17.8. The second kappa shape index (κ2) is 12.9. The molecule has 3 aromatic rings. The molecule has 2 aromatic carbocycles. The van der Waals surface area contributed by atoms with E-state index in [9.17, 15) is 4.79 Å². The van der Waals surface area contributed by atoms with Crippen molar-refractivity contribution in [1.82, 2.24) is 9.47 Å². The summed E-state index contributed by atoms with van der Waals surface area (Å²) in [6.07, 6.45) is 2.48.